The number of rotatable bonds is 4. The van der Waals surface area contributed by atoms with Gasteiger partial charge in [-0.05, 0) is 6.07 Å². The van der Waals surface area contributed by atoms with Crippen molar-refractivity contribution in [2.75, 3.05) is 12.8 Å². The molecule has 2 aromatic rings. The van der Waals surface area contributed by atoms with E-state index in [1.54, 1.807) is 13.2 Å². The van der Waals surface area contributed by atoms with Gasteiger partial charge in [0.2, 0.25) is 5.91 Å². The molecule has 2 aromatic heterocycles. The first-order chi connectivity index (χ1) is 9.47. The molecule has 0 fully saturated rings. The average molecular weight is 275 g/mol. The van der Waals surface area contributed by atoms with Gasteiger partial charge in [0.1, 0.15) is 12.4 Å². The lowest BCUT2D eigenvalue weighted by atomic mass is 10.4. The van der Waals surface area contributed by atoms with Gasteiger partial charge >= 0.3 is 0 Å². The van der Waals surface area contributed by atoms with Gasteiger partial charge in [0, 0.05) is 44.4 Å². The summed E-state index contributed by atoms with van der Waals surface area (Å²) < 4.78 is 3.14. The van der Waals surface area contributed by atoms with Crippen LogP contribution in [0.4, 0.5) is 5.69 Å². The van der Waals surface area contributed by atoms with Crippen molar-refractivity contribution in [2.24, 2.45) is 7.05 Å². The zero-order chi connectivity index (χ0) is 14.7. The zero-order valence-electron chi connectivity index (χ0n) is 11.5. The normalized spacial score (nSPS) is 10.5. The van der Waals surface area contributed by atoms with Crippen LogP contribution in [0.5, 0.6) is 0 Å². The number of amides is 1. The van der Waals surface area contributed by atoms with E-state index in [2.05, 4.69) is 4.98 Å². The fraction of sp³-hybridized carbons (Fsp3) is 0.308. The molecule has 0 unspecified atom stereocenters. The molecule has 0 saturated heterocycles. The molecule has 20 heavy (non-hydrogen) atoms. The predicted octanol–water partition coefficient (Wildman–Crippen LogP) is -0.177. The van der Waals surface area contributed by atoms with Crippen molar-refractivity contribution in [3.63, 3.8) is 0 Å². The van der Waals surface area contributed by atoms with Crippen molar-refractivity contribution < 1.29 is 4.79 Å². The van der Waals surface area contributed by atoms with E-state index in [1.165, 1.54) is 27.8 Å². The molecule has 7 heteroatoms. The minimum absolute atomic E-state index is 0.0369. The van der Waals surface area contributed by atoms with E-state index in [4.69, 9.17) is 5.73 Å². The van der Waals surface area contributed by atoms with Gasteiger partial charge in [-0.15, -0.1) is 0 Å². The summed E-state index contributed by atoms with van der Waals surface area (Å²) in [4.78, 5) is 29.4. The van der Waals surface area contributed by atoms with Crippen LogP contribution in [0, 0.1) is 0 Å². The van der Waals surface area contributed by atoms with E-state index in [1.807, 2.05) is 17.8 Å². The number of carbonyl (C=O) groups is 1. The van der Waals surface area contributed by atoms with Crippen LogP contribution in [0.3, 0.4) is 0 Å². The van der Waals surface area contributed by atoms with Crippen molar-refractivity contribution in [2.45, 2.75) is 13.1 Å². The summed E-state index contributed by atoms with van der Waals surface area (Å²) in [7, 11) is 3.54. The maximum absolute atomic E-state index is 12.1. The molecule has 0 aliphatic heterocycles. The largest absolute Gasteiger partial charge is 0.398 e. The van der Waals surface area contributed by atoms with Gasteiger partial charge in [0.05, 0.1) is 6.54 Å². The summed E-state index contributed by atoms with van der Waals surface area (Å²) >= 11 is 0. The Kier molecular flexibility index (Phi) is 3.88. The number of aromatic nitrogens is 3. The number of nitrogen functional groups attached to an aromatic ring is 1. The summed E-state index contributed by atoms with van der Waals surface area (Å²) in [6.07, 6.45) is 4.96. The van der Waals surface area contributed by atoms with E-state index in [0.29, 0.717) is 12.2 Å². The summed E-state index contributed by atoms with van der Waals surface area (Å²) in [6, 6.07) is 2.86. The Morgan fingerprint density at radius 3 is 2.85 bits per heavy atom. The van der Waals surface area contributed by atoms with E-state index in [-0.39, 0.29) is 18.0 Å². The van der Waals surface area contributed by atoms with E-state index < -0.39 is 0 Å². The fourth-order valence-corrected chi connectivity index (χ4v) is 1.79. The third kappa shape index (κ3) is 3.05. The Hall–Kier alpha value is -2.57. The molecule has 0 saturated carbocycles. The number of anilines is 1. The number of hydrogen-bond acceptors (Lipinski definition) is 4. The minimum atomic E-state index is -0.252. The maximum atomic E-state index is 12.1. The second-order valence-corrected chi connectivity index (χ2v) is 4.63. The lowest BCUT2D eigenvalue weighted by molar-refractivity contribution is -0.131. The molecule has 7 nitrogen and oxygen atoms in total. The first kappa shape index (κ1) is 13.9. The summed E-state index contributed by atoms with van der Waals surface area (Å²) in [5.41, 5.74) is 5.81. The Bertz CT molecular complexity index is 673. The fourth-order valence-electron chi connectivity index (χ4n) is 1.79. The van der Waals surface area contributed by atoms with Gasteiger partial charge in [-0.2, -0.15) is 0 Å². The van der Waals surface area contributed by atoms with Gasteiger partial charge in [0.15, 0.2) is 0 Å². The topological polar surface area (TPSA) is 86.2 Å². The minimum Gasteiger partial charge on any atom is -0.398 e. The molecule has 0 atom stereocenters. The molecule has 0 bridgehead atoms. The number of likely N-dealkylation sites (N-methyl/N-ethyl adjacent to an activating group) is 1. The van der Waals surface area contributed by atoms with Crippen LogP contribution >= 0.6 is 0 Å². The van der Waals surface area contributed by atoms with Crippen molar-refractivity contribution in [3.05, 3.63) is 46.9 Å². The van der Waals surface area contributed by atoms with Crippen LogP contribution in [0.2, 0.25) is 0 Å². The highest BCUT2D eigenvalue weighted by atomic mass is 16.2. The summed E-state index contributed by atoms with van der Waals surface area (Å²) in [5.74, 6) is 0.599. The molecule has 0 spiro atoms. The smallest absolute Gasteiger partial charge is 0.251 e. The number of pyridine rings is 1. The third-order valence-electron chi connectivity index (χ3n) is 3.04. The van der Waals surface area contributed by atoms with Crippen LogP contribution in [0.15, 0.2) is 35.5 Å². The molecule has 2 heterocycles. The first-order valence-electron chi connectivity index (χ1n) is 6.13. The number of imidazole rings is 1. The Labute approximate surface area is 116 Å². The first-order valence-corrected chi connectivity index (χ1v) is 6.13. The molecular weight excluding hydrogens is 258 g/mol. The zero-order valence-corrected chi connectivity index (χ0v) is 11.5. The lowest BCUT2D eigenvalue weighted by Gasteiger charge is -2.17. The molecule has 106 valence electrons. The van der Waals surface area contributed by atoms with Crippen molar-refractivity contribution in [3.8, 4) is 0 Å². The molecule has 1 amide bonds. The Balaban J connectivity index is 2.06. The highest BCUT2D eigenvalue weighted by Gasteiger charge is 2.12. The number of carbonyl (C=O) groups excluding carboxylic acids is 1. The molecule has 0 aromatic carbocycles. The van der Waals surface area contributed by atoms with Crippen LogP contribution in [-0.2, 0) is 24.9 Å². The SMILES string of the molecule is CN(Cc1nccn1C)C(=O)Cn1cc(N)ccc1=O. The standard InChI is InChI=1S/C13H17N5O2/c1-16-6-5-15-11(16)8-17(2)13(20)9-18-7-10(14)3-4-12(18)19/h3-7H,8-9,14H2,1-2H3. The average Bonchev–Trinajstić information content (AvgIpc) is 2.79. The molecular formula is C13H17N5O2. The van der Waals surface area contributed by atoms with E-state index >= 15 is 0 Å². The van der Waals surface area contributed by atoms with Crippen LogP contribution in [0.25, 0.3) is 0 Å². The van der Waals surface area contributed by atoms with E-state index in [9.17, 15) is 9.59 Å². The number of aryl methyl sites for hydroxylation is 1. The van der Waals surface area contributed by atoms with E-state index in [0.717, 1.165) is 5.82 Å². The summed E-state index contributed by atoms with van der Waals surface area (Å²) in [5, 5.41) is 0. The number of nitrogens with two attached hydrogens (primary N) is 1. The highest BCUT2D eigenvalue weighted by molar-refractivity contribution is 5.75. The van der Waals surface area contributed by atoms with Crippen molar-refractivity contribution >= 4 is 11.6 Å². The van der Waals surface area contributed by atoms with Gasteiger partial charge in [-0.25, -0.2) is 4.98 Å². The highest BCUT2D eigenvalue weighted by Crippen LogP contribution is 2.02. The second kappa shape index (κ2) is 5.60. The Morgan fingerprint density at radius 2 is 2.20 bits per heavy atom. The van der Waals surface area contributed by atoms with Gasteiger partial charge in [-0.3, -0.25) is 9.59 Å². The Morgan fingerprint density at radius 1 is 1.45 bits per heavy atom. The van der Waals surface area contributed by atoms with Crippen molar-refractivity contribution in [1.29, 1.82) is 0 Å². The monoisotopic (exact) mass is 275 g/mol. The second-order valence-electron chi connectivity index (χ2n) is 4.63. The van der Waals surface area contributed by atoms with Crippen LogP contribution < -0.4 is 11.3 Å². The lowest BCUT2D eigenvalue weighted by Crippen LogP contribution is -2.33. The predicted molar refractivity (Wildman–Crippen MR) is 74.8 cm³/mol. The van der Waals surface area contributed by atoms with Crippen molar-refractivity contribution in [1.82, 2.24) is 19.0 Å². The molecule has 0 aliphatic rings. The molecule has 2 rings (SSSR count). The maximum Gasteiger partial charge on any atom is 0.251 e. The third-order valence-corrected chi connectivity index (χ3v) is 3.04. The van der Waals surface area contributed by atoms with Crippen LogP contribution in [0.1, 0.15) is 5.82 Å². The molecule has 0 radical (unpaired) electrons. The molecule has 0 aliphatic carbocycles. The number of hydrogen-bond donors (Lipinski definition) is 1. The quantitative estimate of drug-likeness (QED) is 0.839. The molecule has 2 N–H and O–H groups in total. The van der Waals surface area contributed by atoms with Gasteiger partial charge in [0.25, 0.3) is 5.56 Å². The van der Waals surface area contributed by atoms with Gasteiger partial charge < -0.3 is 19.8 Å². The van der Waals surface area contributed by atoms with Gasteiger partial charge in [-0.1, -0.05) is 0 Å². The number of nitrogens with zero attached hydrogens (tertiary/aromatic N) is 4. The van der Waals surface area contributed by atoms with Crippen LogP contribution in [-0.4, -0.2) is 32.0 Å². The summed E-state index contributed by atoms with van der Waals surface area (Å²) in [6.45, 7) is 0.351.